The minimum Gasteiger partial charge on any atom is -0.455 e. The Balaban J connectivity index is 1.70. The third kappa shape index (κ3) is 3.28. The van der Waals surface area contributed by atoms with Crippen molar-refractivity contribution in [2.45, 2.75) is 0 Å². The first-order valence-electron chi connectivity index (χ1n) is 10.9. The Morgan fingerprint density at radius 1 is 0.545 bits per heavy atom. The number of hydrogen-bond donors (Lipinski definition) is 0. The molecule has 0 atom stereocenters. The molecule has 0 aliphatic carbocycles. The summed E-state index contributed by atoms with van der Waals surface area (Å²) in [5.41, 5.74) is 9.08. The van der Waals surface area contributed by atoms with Crippen LogP contribution in [0.2, 0.25) is 0 Å². The molecule has 0 aliphatic heterocycles. The highest BCUT2D eigenvalue weighted by Crippen LogP contribution is 2.42. The van der Waals surface area contributed by atoms with Gasteiger partial charge in [-0.15, -0.1) is 0 Å². The van der Waals surface area contributed by atoms with Crippen molar-refractivity contribution >= 4 is 21.9 Å². The molecule has 2 heteroatoms. The Morgan fingerprint density at radius 2 is 1.21 bits per heavy atom. The molecule has 0 amide bonds. The molecule has 0 saturated carbocycles. The van der Waals surface area contributed by atoms with Gasteiger partial charge >= 0.3 is 0 Å². The van der Waals surface area contributed by atoms with Gasteiger partial charge in [0.1, 0.15) is 11.2 Å². The van der Waals surface area contributed by atoms with E-state index < -0.39 is 0 Å². The summed E-state index contributed by atoms with van der Waals surface area (Å²) >= 11 is 0. The van der Waals surface area contributed by atoms with Crippen LogP contribution in [0.15, 0.2) is 120 Å². The predicted octanol–water partition coefficient (Wildman–Crippen LogP) is 8.46. The zero-order valence-electron chi connectivity index (χ0n) is 17.8. The summed E-state index contributed by atoms with van der Waals surface area (Å²) in [6.45, 7) is 0. The van der Waals surface area contributed by atoms with Gasteiger partial charge in [0.05, 0.1) is 11.6 Å². The highest BCUT2D eigenvalue weighted by Gasteiger charge is 2.18. The Hall–Kier alpha value is -4.61. The third-order valence-corrected chi connectivity index (χ3v) is 6.11. The highest BCUT2D eigenvalue weighted by molar-refractivity contribution is 6.16. The number of rotatable bonds is 3. The minimum atomic E-state index is 0.653. The number of fused-ring (bicyclic) bond motifs is 3. The summed E-state index contributed by atoms with van der Waals surface area (Å²) in [7, 11) is 0. The van der Waals surface area contributed by atoms with Crippen molar-refractivity contribution in [2.24, 2.45) is 0 Å². The number of hydrogen-bond acceptors (Lipinski definition) is 2. The Bertz CT molecular complexity index is 1640. The van der Waals surface area contributed by atoms with Crippen LogP contribution in [0.4, 0.5) is 0 Å². The first kappa shape index (κ1) is 19.1. The molecule has 154 valence electrons. The second-order valence-corrected chi connectivity index (χ2v) is 8.10. The zero-order valence-corrected chi connectivity index (χ0v) is 17.8. The van der Waals surface area contributed by atoms with E-state index >= 15 is 0 Å². The van der Waals surface area contributed by atoms with Crippen LogP contribution in [0.25, 0.3) is 55.3 Å². The molecule has 1 heterocycles. The fraction of sp³-hybridized carbons (Fsp3) is 0. The average Bonchev–Trinajstić information content (AvgIpc) is 3.28. The lowest BCUT2D eigenvalue weighted by atomic mass is 9.93. The normalized spacial score (nSPS) is 11.0. The van der Waals surface area contributed by atoms with E-state index in [1.54, 1.807) is 0 Å². The van der Waals surface area contributed by atoms with Gasteiger partial charge in [0.25, 0.3) is 0 Å². The van der Waals surface area contributed by atoms with Crippen LogP contribution in [0, 0.1) is 11.3 Å². The summed E-state index contributed by atoms with van der Waals surface area (Å²) in [5, 5.41) is 11.4. The maximum atomic E-state index is 9.19. The summed E-state index contributed by atoms with van der Waals surface area (Å²) < 4.78 is 6.48. The van der Waals surface area contributed by atoms with Crippen LogP contribution in [0.5, 0.6) is 0 Å². The fourth-order valence-electron chi connectivity index (χ4n) is 4.52. The van der Waals surface area contributed by atoms with Crippen LogP contribution in [0.1, 0.15) is 5.56 Å². The van der Waals surface area contributed by atoms with E-state index in [2.05, 4.69) is 72.8 Å². The van der Waals surface area contributed by atoms with E-state index in [4.69, 9.17) is 4.42 Å². The Kier molecular flexibility index (Phi) is 4.53. The molecule has 0 saturated heterocycles. The van der Waals surface area contributed by atoms with Crippen LogP contribution in [-0.4, -0.2) is 0 Å². The van der Waals surface area contributed by atoms with Crippen molar-refractivity contribution in [3.8, 4) is 39.4 Å². The van der Waals surface area contributed by atoms with Crippen molar-refractivity contribution in [1.29, 1.82) is 5.26 Å². The summed E-state index contributed by atoms with van der Waals surface area (Å²) in [5.74, 6) is 0. The second kappa shape index (κ2) is 7.82. The van der Waals surface area contributed by atoms with Gasteiger partial charge in [-0.05, 0) is 58.1 Å². The Morgan fingerprint density at radius 3 is 1.91 bits per heavy atom. The van der Waals surface area contributed by atoms with Crippen LogP contribution >= 0.6 is 0 Å². The summed E-state index contributed by atoms with van der Waals surface area (Å²) in [4.78, 5) is 0. The number of nitriles is 1. The molecule has 0 aliphatic rings. The van der Waals surface area contributed by atoms with Crippen molar-refractivity contribution in [2.75, 3.05) is 0 Å². The van der Waals surface area contributed by atoms with Crippen molar-refractivity contribution in [3.63, 3.8) is 0 Å². The molecule has 2 nitrogen and oxygen atoms in total. The Labute approximate surface area is 192 Å². The molecule has 33 heavy (non-hydrogen) atoms. The molecule has 0 N–H and O–H groups in total. The molecule has 0 unspecified atom stereocenters. The van der Waals surface area contributed by atoms with Crippen molar-refractivity contribution in [3.05, 3.63) is 121 Å². The maximum Gasteiger partial charge on any atom is 0.143 e. The van der Waals surface area contributed by atoms with Gasteiger partial charge in [-0.2, -0.15) is 5.26 Å². The lowest BCUT2D eigenvalue weighted by molar-refractivity contribution is 0.670. The summed E-state index contributed by atoms with van der Waals surface area (Å²) in [6, 6.07) is 41.4. The highest BCUT2D eigenvalue weighted by atomic mass is 16.3. The van der Waals surface area contributed by atoms with Crippen molar-refractivity contribution < 1.29 is 4.42 Å². The molecule has 1 aromatic heterocycles. The van der Waals surface area contributed by atoms with Gasteiger partial charge < -0.3 is 4.42 Å². The van der Waals surface area contributed by atoms with E-state index in [1.165, 1.54) is 5.56 Å². The first-order chi connectivity index (χ1) is 16.3. The third-order valence-electron chi connectivity index (χ3n) is 6.11. The lowest BCUT2D eigenvalue weighted by Crippen LogP contribution is -1.84. The van der Waals surface area contributed by atoms with Gasteiger partial charge in [-0.3, -0.25) is 0 Å². The van der Waals surface area contributed by atoms with Crippen LogP contribution < -0.4 is 0 Å². The SMILES string of the molecule is N#Cc1ccc(-c2cccc3oc4c(-c5ccccc5)cc(-c5ccccc5)cc4c23)cc1. The van der Waals surface area contributed by atoms with Gasteiger partial charge in [-0.25, -0.2) is 0 Å². The smallest absolute Gasteiger partial charge is 0.143 e. The van der Waals surface area contributed by atoms with E-state index in [0.29, 0.717) is 5.56 Å². The van der Waals surface area contributed by atoms with Gasteiger partial charge in [0.2, 0.25) is 0 Å². The lowest BCUT2D eigenvalue weighted by Gasteiger charge is -2.09. The molecule has 6 rings (SSSR count). The molecule has 6 aromatic rings. The van der Waals surface area contributed by atoms with E-state index in [9.17, 15) is 5.26 Å². The predicted molar refractivity (Wildman–Crippen MR) is 135 cm³/mol. The number of furan rings is 1. The minimum absolute atomic E-state index is 0.653. The van der Waals surface area contributed by atoms with E-state index in [0.717, 1.165) is 49.8 Å². The average molecular weight is 421 g/mol. The molecule has 0 bridgehead atoms. The van der Waals surface area contributed by atoms with Crippen LogP contribution in [0.3, 0.4) is 0 Å². The van der Waals surface area contributed by atoms with Gasteiger partial charge in [-0.1, -0.05) is 84.9 Å². The fourth-order valence-corrected chi connectivity index (χ4v) is 4.52. The number of nitrogens with zero attached hydrogens (tertiary/aromatic N) is 1. The number of benzene rings is 5. The monoisotopic (exact) mass is 421 g/mol. The van der Waals surface area contributed by atoms with Crippen LogP contribution in [-0.2, 0) is 0 Å². The van der Waals surface area contributed by atoms with E-state index in [-0.39, 0.29) is 0 Å². The molecule has 0 fully saturated rings. The second-order valence-electron chi connectivity index (χ2n) is 8.10. The van der Waals surface area contributed by atoms with Gasteiger partial charge in [0.15, 0.2) is 0 Å². The zero-order chi connectivity index (χ0) is 22.2. The molecular formula is C31H19NO. The van der Waals surface area contributed by atoms with Crippen molar-refractivity contribution in [1.82, 2.24) is 0 Å². The molecule has 5 aromatic carbocycles. The van der Waals surface area contributed by atoms with E-state index in [1.807, 2.05) is 48.5 Å². The molecule has 0 spiro atoms. The largest absolute Gasteiger partial charge is 0.455 e. The topological polar surface area (TPSA) is 36.9 Å². The standard InChI is InChI=1S/C31H19NO/c32-20-21-14-16-24(17-15-21)26-12-7-13-29-30(26)28-19-25(22-8-3-1-4-9-22)18-27(31(28)33-29)23-10-5-2-6-11-23/h1-19H. The first-order valence-corrected chi connectivity index (χ1v) is 10.9. The summed E-state index contributed by atoms with van der Waals surface area (Å²) in [6.07, 6.45) is 0. The molecule has 0 radical (unpaired) electrons. The maximum absolute atomic E-state index is 9.19. The van der Waals surface area contributed by atoms with Gasteiger partial charge in [0, 0.05) is 16.3 Å². The quantitative estimate of drug-likeness (QED) is 0.287. The molecular weight excluding hydrogens is 402 g/mol.